The Bertz CT molecular complexity index is 285. The Morgan fingerprint density at radius 1 is 1.16 bits per heavy atom. The van der Waals surface area contributed by atoms with Crippen LogP contribution in [0, 0.1) is 0 Å². The summed E-state index contributed by atoms with van der Waals surface area (Å²) in [7, 11) is 0. The van der Waals surface area contributed by atoms with Gasteiger partial charge in [0, 0.05) is 25.2 Å². The highest BCUT2D eigenvalue weighted by molar-refractivity contribution is 5.69. The second-order valence-electron chi connectivity index (χ2n) is 6.12. The lowest BCUT2D eigenvalue weighted by Gasteiger charge is -2.41. The van der Waals surface area contributed by atoms with Gasteiger partial charge >= 0.3 is 6.09 Å². The molecule has 0 N–H and O–H groups in total. The highest BCUT2D eigenvalue weighted by Crippen LogP contribution is 2.31. The molecule has 2 aliphatic heterocycles. The zero-order chi connectivity index (χ0) is 14.6. The largest absolute Gasteiger partial charge is 0.444 e. The van der Waals surface area contributed by atoms with Crippen molar-refractivity contribution in [3.8, 4) is 0 Å². The Morgan fingerprint density at radius 2 is 1.63 bits per heavy atom. The van der Waals surface area contributed by atoms with Gasteiger partial charge in [-0.2, -0.15) is 0 Å². The van der Waals surface area contributed by atoms with Crippen LogP contribution in [0.1, 0.15) is 54.4 Å². The standard InChI is InChI=1S/C13H24N2O2.C2H6/c1-5-14-8-10-6-7-11(9-14)15(10)12(16)17-13(2,3)4;1-2/h10-11H,5-9H2,1-4H3;1-2H3. The van der Waals surface area contributed by atoms with Crippen LogP contribution in [-0.4, -0.2) is 53.2 Å². The summed E-state index contributed by atoms with van der Waals surface area (Å²) in [4.78, 5) is 16.6. The van der Waals surface area contributed by atoms with Gasteiger partial charge in [-0.1, -0.05) is 20.8 Å². The van der Waals surface area contributed by atoms with Gasteiger partial charge < -0.3 is 4.74 Å². The van der Waals surface area contributed by atoms with E-state index in [0.717, 1.165) is 32.5 Å². The van der Waals surface area contributed by atoms with E-state index in [-0.39, 0.29) is 6.09 Å². The molecular formula is C15H30N2O2. The maximum Gasteiger partial charge on any atom is 0.410 e. The van der Waals surface area contributed by atoms with Crippen LogP contribution in [0.2, 0.25) is 0 Å². The van der Waals surface area contributed by atoms with Crippen LogP contribution >= 0.6 is 0 Å². The van der Waals surface area contributed by atoms with Gasteiger partial charge in [-0.25, -0.2) is 4.79 Å². The second-order valence-corrected chi connectivity index (χ2v) is 6.12. The second kappa shape index (κ2) is 6.60. The Morgan fingerprint density at radius 3 is 2.00 bits per heavy atom. The predicted octanol–water partition coefficient (Wildman–Crippen LogP) is 3.12. The molecule has 0 aliphatic carbocycles. The molecule has 112 valence electrons. The molecule has 2 heterocycles. The van der Waals surface area contributed by atoms with Gasteiger partial charge in [0.1, 0.15) is 5.60 Å². The molecule has 0 radical (unpaired) electrons. The topological polar surface area (TPSA) is 32.8 Å². The first kappa shape index (κ1) is 16.3. The first-order valence-electron chi connectivity index (χ1n) is 7.64. The molecule has 19 heavy (non-hydrogen) atoms. The highest BCUT2D eigenvalue weighted by atomic mass is 16.6. The number of rotatable bonds is 1. The third-order valence-corrected chi connectivity index (χ3v) is 3.61. The number of nitrogens with zero attached hydrogens (tertiary/aromatic N) is 2. The van der Waals surface area contributed by atoms with Gasteiger partial charge in [0.2, 0.25) is 0 Å². The Balaban J connectivity index is 0.000000861. The highest BCUT2D eigenvalue weighted by Gasteiger charge is 2.43. The van der Waals surface area contributed by atoms with E-state index in [1.165, 1.54) is 0 Å². The minimum atomic E-state index is -0.390. The molecular weight excluding hydrogens is 240 g/mol. The van der Waals surface area contributed by atoms with Gasteiger partial charge in [-0.3, -0.25) is 9.80 Å². The van der Waals surface area contributed by atoms with Crippen molar-refractivity contribution in [1.29, 1.82) is 0 Å². The summed E-state index contributed by atoms with van der Waals surface area (Å²) >= 11 is 0. The molecule has 1 amide bonds. The van der Waals surface area contributed by atoms with Crippen molar-refractivity contribution in [2.45, 2.75) is 72.1 Å². The van der Waals surface area contributed by atoms with E-state index < -0.39 is 5.60 Å². The van der Waals surface area contributed by atoms with Crippen LogP contribution in [-0.2, 0) is 4.74 Å². The average Bonchev–Trinajstić information content (AvgIpc) is 2.61. The molecule has 4 heteroatoms. The fourth-order valence-corrected chi connectivity index (χ4v) is 2.86. The van der Waals surface area contributed by atoms with Crippen molar-refractivity contribution < 1.29 is 9.53 Å². The summed E-state index contributed by atoms with van der Waals surface area (Å²) in [5.74, 6) is 0. The fourth-order valence-electron chi connectivity index (χ4n) is 2.86. The maximum absolute atomic E-state index is 12.2. The normalized spacial score (nSPS) is 26.7. The predicted molar refractivity (Wildman–Crippen MR) is 78.3 cm³/mol. The first-order chi connectivity index (χ1) is 8.90. The summed E-state index contributed by atoms with van der Waals surface area (Å²) < 4.78 is 5.50. The number of ether oxygens (including phenoxy) is 1. The van der Waals surface area contributed by atoms with Crippen molar-refractivity contribution >= 4 is 6.09 Å². The Hall–Kier alpha value is -0.770. The van der Waals surface area contributed by atoms with E-state index in [4.69, 9.17) is 4.74 Å². The minimum Gasteiger partial charge on any atom is -0.444 e. The van der Waals surface area contributed by atoms with Crippen LogP contribution in [0.25, 0.3) is 0 Å². The van der Waals surface area contributed by atoms with Crippen molar-refractivity contribution in [1.82, 2.24) is 9.80 Å². The van der Waals surface area contributed by atoms with Crippen LogP contribution in [0.15, 0.2) is 0 Å². The Labute approximate surface area is 118 Å². The number of amides is 1. The third kappa shape index (κ3) is 4.10. The molecule has 2 fully saturated rings. The molecule has 0 aromatic carbocycles. The monoisotopic (exact) mass is 270 g/mol. The fraction of sp³-hybridized carbons (Fsp3) is 0.933. The van der Waals surface area contributed by atoms with Crippen LogP contribution in [0.5, 0.6) is 0 Å². The summed E-state index contributed by atoms with van der Waals surface area (Å²) in [6, 6.07) is 0.729. The summed E-state index contributed by atoms with van der Waals surface area (Å²) in [6.07, 6.45) is 2.13. The molecule has 2 aliphatic rings. The number of piperazine rings is 1. The minimum absolute atomic E-state index is 0.124. The molecule has 0 spiro atoms. The van der Waals surface area contributed by atoms with Crippen LogP contribution < -0.4 is 0 Å². The van der Waals surface area contributed by atoms with Crippen LogP contribution in [0.4, 0.5) is 4.79 Å². The van der Waals surface area contributed by atoms with E-state index in [9.17, 15) is 4.79 Å². The van der Waals surface area contributed by atoms with E-state index >= 15 is 0 Å². The van der Waals surface area contributed by atoms with Crippen molar-refractivity contribution in [2.24, 2.45) is 0 Å². The van der Waals surface area contributed by atoms with Crippen LogP contribution in [0.3, 0.4) is 0 Å². The van der Waals surface area contributed by atoms with Gasteiger partial charge in [0.15, 0.2) is 0 Å². The smallest absolute Gasteiger partial charge is 0.410 e. The van der Waals surface area contributed by atoms with Gasteiger partial charge in [0.05, 0.1) is 0 Å². The molecule has 2 rings (SSSR count). The molecule has 2 bridgehead atoms. The molecule has 2 unspecified atom stereocenters. The average molecular weight is 270 g/mol. The van der Waals surface area contributed by atoms with Crippen molar-refractivity contribution in [3.05, 3.63) is 0 Å². The van der Waals surface area contributed by atoms with Crippen molar-refractivity contribution in [2.75, 3.05) is 19.6 Å². The number of likely N-dealkylation sites (tertiary alicyclic amines) is 1. The molecule has 2 atom stereocenters. The van der Waals surface area contributed by atoms with Gasteiger partial charge in [-0.05, 0) is 40.2 Å². The quantitative estimate of drug-likeness (QED) is 0.734. The van der Waals surface area contributed by atoms with Gasteiger partial charge in [-0.15, -0.1) is 0 Å². The third-order valence-electron chi connectivity index (χ3n) is 3.61. The number of hydrogen-bond acceptors (Lipinski definition) is 3. The van der Waals surface area contributed by atoms with E-state index in [1.54, 1.807) is 0 Å². The molecule has 2 saturated heterocycles. The lowest BCUT2D eigenvalue weighted by Crippen LogP contribution is -2.56. The van der Waals surface area contributed by atoms with E-state index in [1.807, 2.05) is 39.5 Å². The Kier molecular flexibility index (Phi) is 5.65. The molecule has 0 aromatic rings. The number of hydrogen-bond donors (Lipinski definition) is 0. The molecule has 0 aromatic heterocycles. The summed E-state index contributed by atoms with van der Waals surface area (Å²) in [6.45, 7) is 15.1. The SMILES string of the molecule is CC.CCN1CC2CCC(C1)N2C(=O)OC(C)(C)C. The van der Waals surface area contributed by atoms with E-state index in [2.05, 4.69) is 11.8 Å². The number of fused-ring (bicyclic) bond motifs is 2. The number of carbonyl (C=O) groups excluding carboxylic acids is 1. The summed E-state index contributed by atoms with van der Waals surface area (Å²) in [5, 5.41) is 0. The zero-order valence-electron chi connectivity index (χ0n) is 13.4. The molecule has 4 nitrogen and oxygen atoms in total. The molecule has 0 saturated carbocycles. The lowest BCUT2D eigenvalue weighted by atomic mass is 10.2. The number of carbonyl (C=O) groups is 1. The number of likely N-dealkylation sites (N-methyl/N-ethyl adjacent to an activating group) is 1. The maximum atomic E-state index is 12.2. The summed E-state index contributed by atoms with van der Waals surface area (Å²) in [5.41, 5.74) is -0.390. The van der Waals surface area contributed by atoms with Gasteiger partial charge in [0.25, 0.3) is 0 Å². The van der Waals surface area contributed by atoms with Crippen molar-refractivity contribution in [3.63, 3.8) is 0 Å². The lowest BCUT2D eigenvalue weighted by molar-refractivity contribution is -0.00368. The van der Waals surface area contributed by atoms with E-state index in [0.29, 0.717) is 12.1 Å². The zero-order valence-corrected chi connectivity index (χ0v) is 13.4. The first-order valence-corrected chi connectivity index (χ1v) is 7.64.